The lowest BCUT2D eigenvalue weighted by Crippen LogP contribution is -2.17. The van der Waals surface area contributed by atoms with Crippen molar-refractivity contribution in [2.75, 3.05) is 13.2 Å². The number of hydrogen-bond donors (Lipinski definition) is 2. The van der Waals surface area contributed by atoms with E-state index in [4.69, 9.17) is 9.84 Å². The lowest BCUT2D eigenvalue weighted by Gasteiger charge is -2.06. The van der Waals surface area contributed by atoms with Crippen LogP contribution in [0.3, 0.4) is 0 Å². The molecule has 0 unspecified atom stereocenters. The number of nitrogens with zero attached hydrogens (tertiary/aromatic N) is 1. The van der Waals surface area contributed by atoms with Crippen LogP contribution in [0.4, 0.5) is 0 Å². The average Bonchev–Trinajstić information content (AvgIpc) is 2.71. The van der Waals surface area contributed by atoms with Gasteiger partial charge in [0.1, 0.15) is 19.0 Å². The van der Waals surface area contributed by atoms with Crippen LogP contribution in [0.1, 0.15) is 21.5 Å². The molecule has 2 N–H and O–H groups in total. The van der Waals surface area contributed by atoms with Crippen molar-refractivity contribution in [3.8, 4) is 5.75 Å². The van der Waals surface area contributed by atoms with Crippen LogP contribution in [0, 0.1) is 0 Å². The van der Waals surface area contributed by atoms with Gasteiger partial charge in [-0.2, -0.15) is 5.10 Å². The second kappa shape index (κ2) is 10.5. The zero-order valence-electron chi connectivity index (χ0n) is 14.7. The minimum atomic E-state index is -0.552. The summed E-state index contributed by atoms with van der Waals surface area (Å²) in [6, 6.07) is 14.0. The number of amides is 1. The lowest BCUT2D eigenvalue weighted by atomic mass is 10.1. The van der Waals surface area contributed by atoms with Gasteiger partial charge in [0.2, 0.25) is 0 Å². The van der Waals surface area contributed by atoms with Gasteiger partial charge >= 0.3 is 0 Å². The molecule has 2 rings (SSSR count). The molecule has 0 heterocycles. The van der Waals surface area contributed by atoms with E-state index in [1.807, 2.05) is 18.2 Å². The summed E-state index contributed by atoms with van der Waals surface area (Å²) in [4.78, 5) is 23.4. The first-order chi connectivity index (χ1) is 13.1. The Morgan fingerprint density at radius 1 is 1.19 bits per heavy atom. The minimum absolute atomic E-state index is 0.371. The molecule has 0 radical (unpaired) electrons. The molecule has 0 fully saturated rings. The molecule has 0 saturated heterocycles. The summed E-state index contributed by atoms with van der Waals surface area (Å²) in [5, 5.41) is 12.7. The first-order valence-corrected chi connectivity index (χ1v) is 8.22. The van der Waals surface area contributed by atoms with Crippen molar-refractivity contribution in [3.05, 3.63) is 84.0 Å². The molecule has 27 heavy (non-hydrogen) atoms. The number of hydrazone groups is 1. The number of carbonyl (C=O) groups is 2. The number of rotatable bonds is 9. The highest BCUT2D eigenvalue weighted by molar-refractivity contribution is 5.97. The minimum Gasteiger partial charge on any atom is -0.489 e. The number of aliphatic hydroxyl groups excluding tert-OH is 1. The van der Waals surface area contributed by atoms with E-state index in [1.54, 1.807) is 36.4 Å². The van der Waals surface area contributed by atoms with Crippen LogP contribution >= 0.6 is 0 Å². The fraction of sp³-hybridized carbons (Fsp3) is 0.0952. The first-order valence-electron chi connectivity index (χ1n) is 8.22. The van der Waals surface area contributed by atoms with Crippen LogP contribution in [0.25, 0.3) is 6.08 Å². The van der Waals surface area contributed by atoms with Gasteiger partial charge < -0.3 is 9.84 Å². The summed E-state index contributed by atoms with van der Waals surface area (Å²) in [7, 11) is 0. The van der Waals surface area contributed by atoms with Crippen LogP contribution in [0.2, 0.25) is 0 Å². The number of para-hydroxylation sites is 1. The molecule has 0 saturated carbocycles. The molecule has 138 valence electrons. The molecule has 6 heteroatoms. The van der Waals surface area contributed by atoms with Crippen LogP contribution in [0.15, 0.2) is 72.4 Å². The molecule has 0 atom stereocenters. The highest BCUT2D eigenvalue weighted by Crippen LogP contribution is 2.15. The van der Waals surface area contributed by atoms with Gasteiger partial charge in [0.05, 0.1) is 6.21 Å². The Morgan fingerprint density at radius 2 is 2.00 bits per heavy atom. The topological polar surface area (TPSA) is 88.0 Å². The van der Waals surface area contributed by atoms with Gasteiger partial charge in [-0.15, -0.1) is 0 Å². The molecule has 6 nitrogen and oxygen atoms in total. The highest BCUT2D eigenvalue weighted by Gasteiger charge is 2.05. The van der Waals surface area contributed by atoms with Crippen molar-refractivity contribution >= 4 is 24.0 Å². The summed E-state index contributed by atoms with van der Waals surface area (Å²) < 4.78 is 5.52. The van der Waals surface area contributed by atoms with Crippen LogP contribution in [-0.2, 0) is 4.79 Å². The Hall–Kier alpha value is -3.51. The maximum atomic E-state index is 12.2. The Balaban J connectivity index is 2.04. The molecule has 2 aromatic rings. The fourth-order valence-corrected chi connectivity index (χ4v) is 2.12. The highest BCUT2D eigenvalue weighted by atomic mass is 16.5. The first kappa shape index (κ1) is 19.8. The molecular formula is C21H20N2O4. The van der Waals surface area contributed by atoms with Crippen LogP contribution < -0.4 is 10.2 Å². The van der Waals surface area contributed by atoms with E-state index in [0.29, 0.717) is 23.5 Å². The summed E-state index contributed by atoms with van der Waals surface area (Å²) in [6.07, 6.45) is 5.94. The van der Waals surface area contributed by atoms with E-state index < -0.39 is 12.4 Å². The Labute approximate surface area is 157 Å². The number of nitrogens with one attached hydrogen (secondary N) is 1. The molecular weight excluding hydrogens is 344 g/mol. The number of aliphatic hydroxyl groups is 1. The zero-order chi connectivity index (χ0) is 19.5. The van der Waals surface area contributed by atoms with Crippen molar-refractivity contribution in [3.63, 3.8) is 0 Å². The smallest absolute Gasteiger partial charge is 0.271 e. The quantitative estimate of drug-likeness (QED) is 0.310. The maximum absolute atomic E-state index is 12.2. The number of ketones is 1. The Bertz CT molecular complexity index is 872. The summed E-state index contributed by atoms with van der Waals surface area (Å²) >= 11 is 0. The normalized spacial score (nSPS) is 10.9. The summed E-state index contributed by atoms with van der Waals surface area (Å²) in [6.45, 7) is 3.43. The fourth-order valence-electron chi connectivity index (χ4n) is 2.12. The molecule has 0 bridgehead atoms. The van der Waals surface area contributed by atoms with Gasteiger partial charge in [-0.3, -0.25) is 9.59 Å². The Morgan fingerprint density at radius 3 is 2.78 bits per heavy atom. The van der Waals surface area contributed by atoms with Gasteiger partial charge in [0.15, 0.2) is 5.78 Å². The third kappa shape index (κ3) is 6.37. The maximum Gasteiger partial charge on any atom is 0.271 e. The second-order valence-corrected chi connectivity index (χ2v) is 5.42. The van der Waals surface area contributed by atoms with Gasteiger partial charge in [-0.25, -0.2) is 5.43 Å². The van der Waals surface area contributed by atoms with Crippen LogP contribution in [-0.4, -0.2) is 36.2 Å². The SMILES string of the molecule is C=CCOc1ccccc1/C=N/NC(=O)c1cccc(/C=C/C(=O)CO)c1. The number of benzene rings is 2. The third-order valence-corrected chi connectivity index (χ3v) is 3.41. The molecule has 0 aliphatic rings. The molecule has 1 amide bonds. The van der Waals surface area contributed by atoms with E-state index in [2.05, 4.69) is 17.1 Å². The van der Waals surface area contributed by atoms with E-state index in [9.17, 15) is 9.59 Å². The van der Waals surface area contributed by atoms with Crippen molar-refractivity contribution in [2.24, 2.45) is 5.10 Å². The molecule has 2 aromatic carbocycles. The predicted molar refractivity (Wildman–Crippen MR) is 105 cm³/mol. The van der Waals surface area contributed by atoms with Crippen LogP contribution in [0.5, 0.6) is 5.75 Å². The average molecular weight is 364 g/mol. The molecule has 0 aromatic heterocycles. The second-order valence-electron chi connectivity index (χ2n) is 5.42. The van der Waals surface area contributed by atoms with E-state index in [-0.39, 0.29) is 5.91 Å². The van der Waals surface area contributed by atoms with Crippen molar-refractivity contribution < 1.29 is 19.4 Å². The zero-order valence-corrected chi connectivity index (χ0v) is 14.7. The standard InChI is InChI=1S/C21H20N2O4/c1-2-12-27-20-9-4-3-7-18(20)14-22-23-21(26)17-8-5-6-16(13-17)10-11-19(25)15-24/h2-11,13-14,24H,1,12,15H2,(H,23,26)/b11-10+,22-14+. The molecule has 0 aliphatic heterocycles. The van der Waals surface area contributed by atoms with Crippen molar-refractivity contribution in [2.45, 2.75) is 0 Å². The molecule has 0 spiro atoms. The third-order valence-electron chi connectivity index (χ3n) is 3.41. The number of ether oxygens (including phenoxy) is 1. The lowest BCUT2D eigenvalue weighted by molar-refractivity contribution is -0.117. The monoisotopic (exact) mass is 364 g/mol. The van der Waals surface area contributed by atoms with Gasteiger partial charge in [0, 0.05) is 11.1 Å². The molecule has 0 aliphatic carbocycles. The summed E-state index contributed by atoms with van der Waals surface area (Å²) in [5.41, 5.74) is 4.23. The van der Waals surface area contributed by atoms with Crippen molar-refractivity contribution in [1.82, 2.24) is 5.43 Å². The van der Waals surface area contributed by atoms with Gasteiger partial charge in [-0.05, 0) is 35.9 Å². The van der Waals surface area contributed by atoms with Gasteiger partial charge in [-0.1, -0.05) is 43.0 Å². The van der Waals surface area contributed by atoms with E-state index in [0.717, 1.165) is 5.56 Å². The number of carbonyl (C=O) groups excluding carboxylic acids is 2. The van der Waals surface area contributed by atoms with E-state index >= 15 is 0 Å². The van der Waals surface area contributed by atoms with Gasteiger partial charge in [0.25, 0.3) is 5.91 Å². The predicted octanol–water partition coefficient (Wildman–Crippen LogP) is 2.59. The summed E-state index contributed by atoms with van der Waals surface area (Å²) in [5.74, 6) is -0.164. The van der Waals surface area contributed by atoms with Crippen molar-refractivity contribution in [1.29, 1.82) is 0 Å². The number of hydrogen-bond acceptors (Lipinski definition) is 5. The van der Waals surface area contributed by atoms with E-state index in [1.165, 1.54) is 18.4 Å². The Kier molecular flexibility index (Phi) is 7.68. The largest absolute Gasteiger partial charge is 0.489 e.